The van der Waals surface area contributed by atoms with Gasteiger partial charge in [-0.05, 0) is 51.3 Å². The SMILES string of the molecule is CC(C)(C)OC(=O)N1CCC(NC(=O)C(O)c2ccc(C(F)(F)F)cc2)CC1. The van der Waals surface area contributed by atoms with Gasteiger partial charge in [-0.25, -0.2) is 4.79 Å². The van der Waals surface area contributed by atoms with Gasteiger partial charge in [0.15, 0.2) is 6.10 Å². The van der Waals surface area contributed by atoms with E-state index in [2.05, 4.69) is 5.32 Å². The van der Waals surface area contributed by atoms with Gasteiger partial charge in [-0.1, -0.05) is 12.1 Å². The Morgan fingerprint density at radius 1 is 1.14 bits per heavy atom. The first-order valence-corrected chi connectivity index (χ1v) is 9.00. The highest BCUT2D eigenvalue weighted by Crippen LogP contribution is 2.30. The first-order chi connectivity index (χ1) is 12.9. The highest BCUT2D eigenvalue weighted by atomic mass is 19.4. The number of rotatable bonds is 3. The molecule has 2 amide bonds. The molecule has 1 atom stereocenters. The zero-order chi connectivity index (χ0) is 21.1. The maximum Gasteiger partial charge on any atom is 0.416 e. The molecule has 2 rings (SSSR count). The number of nitrogens with one attached hydrogen (secondary N) is 1. The fraction of sp³-hybridized carbons (Fsp3) is 0.579. The molecule has 0 aromatic heterocycles. The van der Waals surface area contributed by atoms with Crippen LogP contribution < -0.4 is 5.32 Å². The zero-order valence-electron chi connectivity index (χ0n) is 16.0. The van der Waals surface area contributed by atoms with Crippen LogP contribution in [0.2, 0.25) is 0 Å². The average Bonchev–Trinajstić information content (AvgIpc) is 2.59. The summed E-state index contributed by atoms with van der Waals surface area (Å²) in [5.74, 6) is -0.685. The molecule has 1 aromatic rings. The average molecular weight is 402 g/mol. The quantitative estimate of drug-likeness (QED) is 0.814. The molecule has 28 heavy (non-hydrogen) atoms. The number of carbonyl (C=O) groups excluding carboxylic acids is 2. The molecule has 1 aliphatic rings. The van der Waals surface area contributed by atoms with Gasteiger partial charge < -0.3 is 20.1 Å². The predicted octanol–water partition coefficient (Wildman–Crippen LogP) is 3.25. The molecule has 9 heteroatoms. The Labute approximate surface area is 161 Å². The molecule has 2 N–H and O–H groups in total. The van der Waals surface area contributed by atoms with Crippen LogP contribution >= 0.6 is 0 Å². The Morgan fingerprint density at radius 3 is 2.14 bits per heavy atom. The van der Waals surface area contributed by atoms with Gasteiger partial charge in [-0.2, -0.15) is 13.2 Å². The summed E-state index contributed by atoms with van der Waals surface area (Å²) in [5.41, 5.74) is -1.36. The number of ether oxygens (including phenoxy) is 1. The normalized spacial score (nSPS) is 17.2. The summed E-state index contributed by atoms with van der Waals surface area (Å²) in [5, 5.41) is 12.8. The van der Waals surface area contributed by atoms with Crippen molar-refractivity contribution >= 4 is 12.0 Å². The first kappa shape index (κ1) is 22.0. The van der Waals surface area contributed by atoms with Crippen molar-refractivity contribution in [2.75, 3.05) is 13.1 Å². The van der Waals surface area contributed by atoms with E-state index < -0.39 is 35.4 Å². The van der Waals surface area contributed by atoms with Gasteiger partial charge in [0.05, 0.1) is 5.56 Å². The van der Waals surface area contributed by atoms with Crippen LogP contribution in [0, 0.1) is 0 Å². The molecule has 156 valence electrons. The van der Waals surface area contributed by atoms with Crippen LogP contribution in [0.4, 0.5) is 18.0 Å². The summed E-state index contributed by atoms with van der Waals surface area (Å²) < 4.78 is 43.1. The Kier molecular flexibility index (Phi) is 6.59. The van der Waals surface area contributed by atoms with Crippen LogP contribution in [0.5, 0.6) is 0 Å². The Morgan fingerprint density at radius 2 is 1.68 bits per heavy atom. The van der Waals surface area contributed by atoms with E-state index in [1.54, 1.807) is 25.7 Å². The number of nitrogens with zero attached hydrogens (tertiary/aromatic N) is 1. The third-order valence-corrected chi connectivity index (χ3v) is 4.30. The third kappa shape index (κ3) is 6.12. The summed E-state index contributed by atoms with van der Waals surface area (Å²) >= 11 is 0. The molecule has 0 radical (unpaired) electrons. The zero-order valence-corrected chi connectivity index (χ0v) is 16.0. The lowest BCUT2D eigenvalue weighted by atomic mass is 10.0. The fourth-order valence-electron chi connectivity index (χ4n) is 2.82. The van der Waals surface area contributed by atoms with Crippen LogP contribution in [-0.2, 0) is 15.7 Å². The van der Waals surface area contributed by atoms with Crippen LogP contribution in [0.1, 0.15) is 50.8 Å². The second kappa shape index (κ2) is 8.38. The minimum absolute atomic E-state index is 0.0803. The lowest BCUT2D eigenvalue weighted by Gasteiger charge is -2.34. The molecule has 6 nitrogen and oxygen atoms in total. The molecule has 1 heterocycles. The van der Waals surface area contributed by atoms with Crippen molar-refractivity contribution in [3.8, 4) is 0 Å². The highest BCUT2D eigenvalue weighted by molar-refractivity contribution is 5.82. The number of benzene rings is 1. The van der Waals surface area contributed by atoms with Crippen molar-refractivity contribution < 1.29 is 32.6 Å². The standard InChI is InChI=1S/C19H25F3N2O4/c1-18(2,3)28-17(27)24-10-8-14(9-11-24)23-16(26)15(25)12-4-6-13(7-5-12)19(20,21)22/h4-7,14-15,25H,8-11H2,1-3H3,(H,23,26). The molecular formula is C19H25F3N2O4. The second-order valence-corrected chi connectivity index (χ2v) is 7.77. The van der Waals surface area contributed by atoms with Crippen molar-refractivity contribution in [3.05, 3.63) is 35.4 Å². The molecule has 0 bridgehead atoms. The number of alkyl halides is 3. The first-order valence-electron chi connectivity index (χ1n) is 9.00. The molecule has 0 spiro atoms. The summed E-state index contributed by atoms with van der Waals surface area (Å²) in [6.07, 6.45) is -5.48. The third-order valence-electron chi connectivity index (χ3n) is 4.30. The van der Waals surface area contributed by atoms with Gasteiger partial charge in [0.1, 0.15) is 5.60 Å². The van der Waals surface area contributed by atoms with Gasteiger partial charge >= 0.3 is 12.3 Å². The number of hydrogen-bond acceptors (Lipinski definition) is 4. The van der Waals surface area contributed by atoms with Crippen molar-refractivity contribution in [1.82, 2.24) is 10.2 Å². The number of carbonyl (C=O) groups is 2. The summed E-state index contributed by atoms with van der Waals surface area (Å²) in [7, 11) is 0. The maximum absolute atomic E-state index is 12.6. The Hall–Kier alpha value is -2.29. The minimum Gasteiger partial charge on any atom is -0.444 e. The van der Waals surface area contributed by atoms with Crippen molar-refractivity contribution in [1.29, 1.82) is 0 Å². The van der Waals surface area contributed by atoms with Gasteiger partial charge in [-0.3, -0.25) is 4.79 Å². The summed E-state index contributed by atoms with van der Waals surface area (Å²) in [6.45, 7) is 6.13. The van der Waals surface area contributed by atoms with Gasteiger partial charge in [0, 0.05) is 19.1 Å². The summed E-state index contributed by atoms with van der Waals surface area (Å²) in [4.78, 5) is 25.8. The Bertz CT molecular complexity index is 691. The summed E-state index contributed by atoms with van der Waals surface area (Å²) in [6, 6.07) is 3.57. The van der Waals surface area contributed by atoms with Crippen LogP contribution in [0.3, 0.4) is 0 Å². The lowest BCUT2D eigenvalue weighted by Crippen LogP contribution is -2.48. The molecule has 0 saturated carbocycles. The maximum atomic E-state index is 12.6. The number of piperidine rings is 1. The Balaban J connectivity index is 1.86. The van der Waals surface area contributed by atoms with E-state index in [0.717, 1.165) is 24.3 Å². The lowest BCUT2D eigenvalue weighted by molar-refractivity contribution is -0.137. The predicted molar refractivity (Wildman–Crippen MR) is 95.4 cm³/mol. The van der Waals surface area contributed by atoms with E-state index in [9.17, 15) is 27.9 Å². The minimum atomic E-state index is -4.48. The number of aliphatic hydroxyl groups is 1. The number of aliphatic hydroxyl groups excluding tert-OH is 1. The molecule has 1 aliphatic heterocycles. The number of halogens is 3. The van der Waals surface area contributed by atoms with Gasteiger partial charge in [0.2, 0.25) is 0 Å². The van der Waals surface area contributed by atoms with E-state index in [1.165, 1.54) is 0 Å². The number of likely N-dealkylation sites (tertiary alicyclic amines) is 1. The monoisotopic (exact) mass is 402 g/mol. The van der Waals surface area contributed by atoms with Crippen LogP contribution in [0.25, 0.3) is 0 Å². The van der Waals surface area contributed by atoms with E-state index in [-0.39, 0.29) is 11.6 Å². The largest absolute Gasteiger partial charge is 0.444 e. The topological polar surface area (TPSA) is 78.9 Å². The van der Waals surface area contributed by atoms with Gasteiger partial charge in [-0.15, -0.1) is 0 Å². The number of hydrogen-bond donors (Lipinski definition) is 2. The van der Waals surface area contributed by atoms with E-state index in [4.69, 9.17) is 4.74 Å². The van der Waals surface area contributed by atoms with E-state index >= 15 is 0 Å². The second-order valence-electron chi connectivity index (χ2n) is 7.77. The number of amides is 2. The van der Waals surface area contributed by atoms with Crippen molar-refractivity contribution in [2.24, 2.45) is 0 Å². The van der Waals surface area contributed by atoms with Crippen LogP contribution in [0.15, 0.2) is 24.3 Å². The van der Waals surface area contributed by atoms with Gasteiger partial charge in [0.25, 0.3) is 5.91 Å². The van der Waals surface area contributed by atoms with Crippen molar-refractivity contribution in [2.45, 2.75) is 57.5 Å². The molecule has 0 aliphatic carbocycles. The fourth-order valence-corrected chi connectivity index (χ4v) is 2.82. The molecule has 1 unspecified atom stereocenters. The molecule has 1 aromatic carbocycles. The molecular weight excluding hydrogens is 377 g/mol. The van der Waals surface area contributed by atoms with Crippen molar-refractivity contribution in [3.63, 3.8) is 0 Å². The molecule has 1 saturated heterocycles. The van der Waals surface area contributed by atoms with E-state index in [1.807, 2.05) is 0 Å². The van der Waals surface area contributed by atoms with Crippen LogP contribution in [-0.4, -0.2) is 46.7 Å². The molecule has 1 fully saturated rings. The van der Waals surface area contributed by atoms with E-state index in [0.29, 0.717) is 25.9 Å². The smallest absolute Gasteiger partial charge is 0.416 e. The highest BCUT2D eigenvalue weighted by Gasteiger charge is 2.31.